The molecule has 0 radical (unpaired) electrons. The van der Waals surface area contributed by atoms with Gasteiger partial charge in [0.15, 0.2) is 6.61 Å². The lowest BCUT2D eigenvalue weighted by Gasteiger charge is -2.17. The Morgan fingerprint density at radius 3 is 2.16 bits per heavy atom. The lowest BCUT2D eigenvalue weighted by atomic mass is 10.0. The van der Waals surface area contributed by atoms with E-state index in [0.717, 1.165) is 11.1 Å². The van der Waals surface area contributed by atoms with Crippen molar-refractivity contribution in [2.45, 2.75) is 25.3 Å². The summed E-state index contributed by atoms with van der Waals surface area (Å²) in [4.78, 5) is 48.5. The Morgan fingerprint density at radius 2 is 1.53 bits per heavy atom. The van der Waals surface area contributed by atoms with Crippen molar-refractivity contribution in [2.24, 2.45) is 0 Å². The number of ether oxygens (including phenoxy) is 3. The van der Waals surface area contributed by atoms with Crippen LogP contribution < -0.4 is 10.1 Å². The van der Waals surface area contributed by atoms with Crippen LogP contribution >= 0.6 is 0 Å². The van der Waals surface area contributed by atoms with Gasteiger partial charge in [0, 0.05) is 12.8 Å². The minimum Gasteiger partial charge on any atom is -0.467 e. The quantitative estimate of drug-likeness (QED) is 0.236. The highest BCUT2D eigenvalue weighted by Crippen LogP contribution is 2.21. The third-order valence-electron chi connectivity index (χ3n) is 5.50. The van der Waals surface area contributed by atoms with Crippen molar-refractivity contribution in [3.8, 4) is 29.2 Å². The second-order valence-corrected chi connectivity index (χ2v) is 8.19. The van der Waals surface area contributed by atoms with E-state index < -0.39 is 29.9 Å². The number of hydrogen-bond donors (Lipinski definition) is 1. The summed E-state index contributed by atoms with van der Waals surface area (Å²) in [7, 11) is 1.22. The number of benzene rings is 3. The van der Waals surface area contributed by atoms with E-state index in [0.29, 0.717) is 16.9 Å². The van der Waals surface area contributed by atoms with Crippen molar-refractivity contribution in [3.05, 3.63) is 90.0 Å². The van der Waals surface area contributed by atoms with Gasteiger partial charge < -0.3 is 19.5 Å². The Morgan fingerprint density at radius 1 is 0.868 bits per heavy atom. The third-order valence-corrected chi connectivity index (χ3v) is 5.50. The van der Waals surface area contributed by atoms with Gasteiger partial charge in [0.1, 0.15) is 11.8 Å². The molecular weight excluding hydrogens is 486 g/mol. The van der Waals surface area contributed by atoms with E-state index in [4.69, 9.17) is 20.6 Å². The molecule has 0 unspecified atom stereocenters. The fraction of sp³-hybridized carbons (Fsp3) is 0.200. The van der Waals surface area contributed by atoms with Crippen LogP contribution in [0.25, 0.3) is 11.1 Å². The van der Waals surface area contributed by atoms with Crippen molar-refractivity contribution in [1.82, 2.24) is 5.32 Å². The van der Waals surface area contributed by atoms with Gasteiger partial charge in [-0.15, -0.1) is 6.42 Å². The second kappa shape index (κ2) is 14.0. The molecule has 8 nitrogen and oxygen atoms in total. The van der Waals surface area contributed by atoms with Gasteiger partial charge in [-0.2, -0.15) is 0 Å². The summed E-state index contributed by atoms with van der Waals surface area (Å²) >= 11 is 0. The Labute approximate surface area is 220 Å². The Balaban J connectivity index is 1.56. The zero-order valence-corrected chi connectivity index (χ0v) is 20.8. The monoisotopic (exact) mass is 513 g/mol. The standard InChI is InChI=1S/C30H27NO7/c1-3-19-37-28(33)18-17-27(32)31-26(30(35)36-2)20-21-9-15-25(16-10-21)38-29(34)24-13-11-23(12-14-24)22-7-5-4-6-8-22/h1,4-16,26H,17-20H2,2H3,(H,31,32)/t26-/m0/s1. The largest absolute Gasteiger partial charge is 0.467 e. The van der Waals surface area contributed by atoms with Crippen LogP contribution in [0.4, 0.5) is 0 Å². The van der Waals surface area contributed by atoms with Crippen LogP contribution in [0.1, 0.15) is 28.8 Å². The minimum atomic E-state index is -0.967. The van der Waals surface area contributed by atoms with E-state index in [-0.39, 0.29) is 25.9 Å². The van der Waals surface area contributed by atoms with Crippen molar-refractivity contribution >= 4 is 23.8 Å². The topological polar surface area (TPSA) is 108 Å². The molecule has 0 aliphatic rings. The Hall–Kier alpha value is -4.90. The Bertz CT molecular complexity index is 1290. The maximum atomic E-state index is 12.6. The van der Waals surface area contributed by atoms with Gasteiger partial charge in [0.05, 0.1) is 19.1 Å². The predicted octanol–water partition coefficient (Wildman–Crippen LogP) is 3.73. The molecule has 1 amide bonds. The molecule has 1 atom stereocenters. The molecule has 0 aromatic heterocycles. The smallest absolute Gasteiger partial charge is 0.343 e. The molecule has 0 aliphatic heterocycles. The van der Waals surface area contributed by atoms with E-state index >= 15 is 0 Å². The van der Waals surface area contributed by atoms with Gasteiger partial charge in [0.2, 0.25) is 5.91 Å². The highest BCUT2D eigenvalue weighted by atomic mass is 16.5. The van der Waals surface area contributed by atoms with Gasteiger partial charge in [-0.1, -0.05) is 60.5 Å². The molecule has 0 spiro atoms. The first-order chi connectivity index (χ1) is 18.4. The van der Waals surface area contributed by atoms with Crippen LogP contribution in [0.2, 0.25) is 0 Å². The maximum absolute atomic E-state index is 12.6. The summed E-state index contributed by atoms with van der Waals surface area (Å²) < 4.78 is 15.0. The molecule has 3 aromatic carbocycles. The highest BCUT2D eigenvalue weighted by Gasteiger charge is 2.22. The summed E-state index contributed by atoms with van der Waals surface area (Å²) in [5, 5.41) is 2.57. The van der Waals surface area contributed by atoms with E-state index in [9.17, 15) is 19.2 Å². The van der Waals surface area contributed by atoms with Gasteiger partial charge in [-0.25, -0.2) is 9.59 Å². The molecule has 194 valence electrons. The lowest BCUT2D eigenvalue weighted by Crippen LogP contribution is -2.43. The predicted molar refractivity (Wildman–Crippen MR) is 140 cm³/mol. The number of esters is 3. The van der Waals surface area contributed by atoms with E-state index in [1.165, 1.54) is 7.11 Å². The molecule has 0 fully saturated rings. The molecule has 0 aliphatic carbocycles. The number of methoxy groups -OCH3 is 1. The third kappa shape index (κ3) is 8.35. The van der Waals surface area contributed by atoms with Crippen LogP contribution in [0.5, 0.6) is 5.75 Å². The highest BCUT2D eigenvalue weighted by molar-refractivity contribution is 5.91. The van der Waals surface area contributed by atoms with Crippen molar-refractivity contribution in [1.29, 1.82) is 0 Å². The molecule has 0 heterocycles. The lowest BCUT2D eigenvalue weighted by molar-refractivity contribution is -0.145. The van der Waals surface area contributed by atoms with Gasteiger partial charge in [-0.3, -0.25) is 9.59 Å². The summed E-state index contributed by atoms with van der Waals surface area (Å²) in [6.45, 7) is -0.170. The number of hydrogen-bond acceptors (Lipinski definition) is 7. The molecule has 3 aromatic rings. The number of terminal acetylenes is 1. The van der Waals surface area contributed by atoms with Crippen molar-refractivity contribution in [3.63, 3.8) is 0 Å². The molecule has 0 saturated carbocycles. The summed E-state index contributed by atoms with van der Waals surface area (Å²) in [5.41, 5.74) is 3.14. The summed E-state index contributed by atoms with van der Waals surface area (Å²) in [6.07, 6.45) is 4.82. The number of carbonyl (C=O) groups is 4. The normalized spacial score (nSPS) is 10.9. The molecule has 38 heavy (non-hydrogen) atoms. The maximum Gasteiger partial charge on any atom is 0.343 e. The van der Waals surface area contributed by atoms with Gasteiger partial charge in [-0.05, 0) is 41.0 Å². The molecule has 8 heteroatoms. The molecular formula is C30H27NO7. The zero-order valence-electron chi connectivity index (χ0n) is 20.8. The van der Waals surface area contributed by atoms with Gasteiger partial charge in [0.25, 0.3) is 0 Å². The summed E-state index contributed by atoms with van der Waals surface area (Å²) in [5.74, 6) is 0.238. The number of carbonyl (C=O) groups excluding carboxylic acids is 4. The Kier molecular flexibility index (Phi) is 10.2. The number of rotatable bonds is 11. The first-order valence-electron chi connectivity index (χ1n) is 11.8. The van der Waals surface area contributed by atoms with Gasteiger partial charge >= 0.3 is 17.9 Å². The van der Waals surface area contributed by atoms with Crippen LogP contribution in [0.15, 0.2) is 78.9 Å². The van der Waals surface area contributed by atoms with Crippen LogP contribution in [-0.2, 0) is 30.3 Å². The summed E-state index contributed by atoms with van der Waals surface area (Å²) in [6, 6.07) is 22.5. The van der Waals surface area contributed by atoms with Crippen molar-refractivity contribution < 1.29 is 33.4 Å². The fourth-order valence-corrected chi connectivity index (χ4v) is 3.54. The minimum absolute atomic E-state index is 0.134. The van der Waals surface area contributed by atoms with Crippen LogP contribution in [0.3, 0.4) is 0 Å². The van der Waals surface area contributed by atoms with Crippen LogP contribution in [-0.4, -0.2) is 43.6 Å². The van der Waals surface area contributed by atoms with Crippen molar-refractivity contribution in [2.75, 3.05) is 13.7 Å². The average Bonchev–Trinajstić information content (AvgIpc) is 2.95. The molecule has 0 saturated heterocycles. The second-order valence-electron chi connectivity index (χ2n) is 8.19. The molecule has 3 rings (SSSR count). The fourth-order valence-electron chi connectivity index (χ4n) is 3.54. The van der Waals surface area contributed by atoms with E-state index in [1.54, 1.807) is 36.4 Å². The molecule has 0 bridgehead atoms. The first kappa shape index (κ1) is 27.7. The average molecular weight is 514 g/mol. The zero-order chi connectivity index (χ0) is 27.3. The SMILES string of the molecule is C#CCOC(=O)CCC(=O)N[C@@H](Cc1ccc(OC(=O)c2ccc(-c3ccccc3)cc2)cc1)C(=O)OC. The number of amides is 1. The first-order valence-corrected chi connectivity index (χ1v) is 11.8. The molecule has 1 N–H and O–H groups in total. The number of nitrogens with one attached hydrogen (secondary N) is 1. The van der Waals surface area contributed by atoms with E-state index in [1.807, 2.05) is 42.5 Å². The van der Waals surface area contributed by atoms with E-state index in [2.05, 4.69) is 11.2 Å². The van der Waals surface area contributed by atoms with Crippen LogP contribution in [0, 0.1) is 12.3 Å².